The summed E-state index contributed by atoms with van der Waals surface area (Å²) in [6.45, 7) is 0.622. The van der Waals surface area contributed by atoms with Gasteiger partial charge in [-0.3, -0.25) is 4.79 Å². The first-order valence-corrected chi connectivity index (χ1v) is 9.00. The first-order valence-electron chi connectivity index (χ1n) is 9.00. The molecule has 1 N–H and O–H groups in total. The molecule has 1 amide bonds. The Morgan fingerprint density at radius 1 is 1.07 bits per heavy atom. The molecule has 0 fully saturated rings. The highest BCUT2D eigenvalue weighted by Crippen LogP contribution is 2.30. The van der Waals surface area contributed by atoms with E-state index >= 15 is 0 Å². The average molecular weight is 381 g/mol. The Hall–Kier alpha value is -3.42. The molecule has 3 aromatic rings. The highest BCUT2D eigenvalue weighted by Gasteiger charge is 2.12. The molecule has 0 aliphatic carbocycles. The molecule has 0 unspecified atom stereocenters. The van der Waals surface area contributed by atoms with Gasteiger partial charge in [0.25, 0.3) is 0 Å². The van der Waals surface area contributed by atoms with Crippen molar-refractivity contribution < 1.29 is 14.3 Å². The second kappa shape index (κ2) is 9.50. The molecule has 0 radical (unpaired) electrons. The normalized spacial score (nSPS) is 10.5. The lowest BCUT2D eigenvalue weighted by Crippen LogP contribution is -2.29. The maximum absolute atomic E-state index is 12.1. The molecule has 8 nitrogen and oxygen atoms in total. The zero-order valence-corrected chi connectivity index (χ0v) is 16.0. The van der Waals surface area contributed by atoms with E-state index in [1.807, 2.05) is 24.3 Å². The zero-order chi connectivity index (χ0) is 19.8. The Kier molecular flexibility index (Phi) is 6.56. The van der Waals surface area contributed by atoms with Gasteiger partial charge in [0.15, 0.2) is 11.5 Å². The summed E-state index contributed by atoms with van der Waals surface area (Å²) in [6.07, 6.45) is 1.80. The lowest BCUT2D eigenvalue weighted by Gasteiger charge is -2.07. The van der Waals surface area contributed by atoms with Crippen molar-refractivity contribution in [1.29, 1.82) is 0 Å². The summed E-state index contributed by atoms with van der Waals surface area (Å²) in [6, 6.07) is 15.5. The van der Waals surface area contributed by atoms with Crippen molar-refractivity contribution in [2.24, 2.45) is 0 Å². The largest absolute Gasteiger partial charge is 0.493 e. The monoisotopic (exact) mass is 381 g/mol. The van der Waals surface area contributed by atoms with Crippen LogP contribution in [-0.4, -0.2) is 46.9 Å². The van der Waals surface area contributed by atoms with Gasteiger partial charge in [0.2, 0.25) is 11.7 Å². The van der Waals surface area contributed by atoms with E-state index in [2.05, 4.69) is 32.9 Å². The number of nitrogens with zero attached hydrogens (tertiary/aromatic N) is 4. The van der Waals surface area contributed by atoms with Gasteiger partial charge < -0.3 is 14.8 Å². The molecule has 8 heteroatoms. The van der Waals surface area contributed by atoms with E-state index in [1.54, 1.807) is 26.4 Å². The summed E-state index contributed by atoms with van der Waals surface area (Å²) >= 11 is 0. The highest BCUT2D eigenvalue weighted by molar-refractivity contribution is 5.75. The van der Waals surface area contributed by atoms with Crippen molar-refractivity contribution in [2.45, 2.75) is 19.4 Å². The molecule has 0 spiro atoms. The van der Waals surface area contributed by atoms with Gasteiger partial charge in [-0.25, -0.2) is 0 Å². The maximum Gasteiger partial charge on any atom is 0.243 e. The molecule has 0 aliphatic rings. The molecule has 1 heterocycles. The van der Waals surface area contributed by atoms with Crippen molar-refractivity contribution in [1.82, 2.24) is 25.5 Å². The number of aryl methyl sites for hydroxylation is 1. The number of carbonyl (C=O) groups excluding carboxylic acids is 1. The SMILES string of the molecule is COc1ccc(-c2nnn(CC(=O)NCCCc3ccccc3)n2)cc1OC. The molecule has 2 aromatic carbocycles. The number of aromatic nitrogens is 4. The molecule has 0 saturated heterocycles. The summed E-state index contributed by atoms with van der Waals surface area (Å²) < 4.78 is 10.5. The van der Waals surface area contributed by atoms with E-state index in [1.165, 1.54) is 10.4 Å². The predicted octanol–water partition coefficient (Wildman–Crippen LogP) is 2.11. The number of nitrogens with one attached hydrogen (secondary N) is 1. The first-order chi connectivity index (χ1) is 13.7. The van der Waals surface area contributed by atoms with Crippen LogP contribution in [0.2, 0.25) is 0 Å². The third-order valence-electron chi connectivity index (χ3n) is 4.19. The van der Waals surface area contributed by atoms with E-state index in [4.69, 9.17) is 9.47 Å². The quantitative estimate of drug-likeness (QED) is 0.571. The minimum absolute atomic E-state index is 0.0195. The van der Waals surface area contributed by atoms with Crippen LogP contribution in [0.1, 0.15) is 12.0 Å². The van der Waals surface area contributed by atoms with Gasteiger partial charge >= 0.3 is 0 Å². The fourth-order valence-corrected chi connectivity index (χ4v) is 2.75. The van der Waals surface area contributed by atoms with Crippen LogP contribution in [0.5, 0.6) is 11.5 Å². The van der Waals surface area contributed by atoms with Crippen LogP contribution >= 0.6 is 0 Å². The van der Waals surface area contributed by atoms with Crippen LogP contribution in [0.4, 0.5) is 0 Å². The van der Waals surface area contributed by atoms with Crippen LogP contribution < -0.4 is 14.8 Å². The third-order valence-corrected chi connectivity index (χ3v) is 4.19. The lowest BCUT2D eigenvalue weighted by atomic mass is 10.1. The predicted molar refractivity (Wildman–Crippen MR) is 104 cm³/mol. The van der Waals surface area contributed by atoms with Gasteiger partial charge in [0.05, 0.1) is 14.2 Å². The van der Waals surface area contributed by atoms with E-state index in [0.29, 0.717) is 23.9 Å². The van der Waals surface area contributed by atoms with Gasteiger partial charge in [-0.15, -0.1) is 10.2 Å². The van der Waals surface area contributed by atoms with E-state index in [-0.39, 0.29) is 12.5 Å². The van der Waals surface area contributed by atoms with Crippen molar-refractivity contribution in [2.75, 3.05) is 20.8 Å². The summed E-state index contributed by atoms with van der Waals surface area (Å²) in [5.41, 5.74) is 1.99. The van der Waals surface area contributed by atoms with Gasteiger partial charge in [-0.2, -0.15) is 4.80 Å². The third kappa shape index (κ3) is 5.06. The number of hydrogen-bond acceptors (Lipinski definition) is 6. The minimum atomic E-state index is -0.149. The topological polar surface area (TPSA) is 91.2 Å². The fourth-order valence-electron chi connectivity index (χ4n) is 2.75. The summed E-state index contributed by atoms with van der Waals surface area (Å²) in [5.74, 6) is 1.46. The summed E-state index contributed by atoms with van der Waals surface area (Å²) in [5, 5.41) is 15.1. The minimum Gasteiger partial charge on any atom is -0.493 e. The summed E-state index contributed by atoms with van der Waals surface area (Å²) in [7, 11) is 3.14. The molecular formula is C20H23N5O3. The maximum atomic E-state index is 12.1. The number of benzene rings is 2. The number of methoxy groups -OCH3 is 2. The molecule has 0 aliphatic heterocycles. The van der Waals surface area contributed by atoms with Gasteiger partial charge in [0, 0.05) is 12.1 Å². The van der Waals surface area contributed by atoms with E-state index in [9.17, 15) is 4.79 Å². The Labute approximate surface area is 163 Å². The highest BCUT2D eigenvalue weighted by atomic mass is 16.5. The number of hydrogen-bond donors (Lipinski definition) is 1. The average Bonchev–Trinajstić information content (AvgIpc) is 3.19. The Morgan fingerprint density at radius 3 is 2.61 bits per heavy atom. The van der Waals surface area contributed by atoms with Crippen molar-refractivity contribution in [3.63, 3.8) is 0 Å². The molecule has 0 saturated carbocycles. The van der Waals surface area contributed by atoms with E-state index in [0.717, 1.165) is 18.4 Å². The molecule has 1 aromatic heterocycles. The number of tetrazole rings is 1. The van der Waals surface area contributed by atoms with Gasteiger partial charge in [-0.05, 0) is 41.8 Å². The van der Waals surface area contributed by atoms with Crippen molar-refractivity contribution >= 4 is 5.91 Å². The number of amides is 1. The lowest BCUT2D eigenvalue weighted by molar-refractivity contribution is -0.122. The number of ether oxygens (including phenoxy) is 2. The van der Waals surface area contributed by atoms with Crippen molar-refractivity contribution in [3.8, 4) is 22.9 Å². The van der Waals surface area contributed by atoms with Gasteiger partial charge in [0.1, 0.15) is 6.54 Å². The molecule has 0 bridgehead atoms. The van der Waals surface area contributed by atoms with Crippen molar-refractivity contribution in [3.05, 3.63) is 54.1 Å². The summed E-state index contributed by atoms with van der Waals surface area (Å²) in [4.78, 5) is 13.4. The molecule has 146 valence electrons. The molecule has 0 atom stereocenters. The Balaban J connectivity index is 1.50. The van der Waals surface area contributed by atoms with E-state index < -0.39 is 0 Å². The molecule has 3 rings (SSSR count). The fraction of sp³-hybridized carbons (Fsp3) is 0.300. The molecular weight excluding hydrogens is 358 g/mol. The van der Waals surface area contributed by atoms with Crippen LogP contribution in [0.3, 0.4) is 0 Å². The number of carbonyl (C=O) groups is 1. The molecule has 28 heavy (non-hydrogen) atoms. The van der Waals surface area contributed by atoms with Crippen LogP contribution in [0.15, 0.2) is 48.5 Å². The van der Waals surface area contributed by atoms with Crippen LogP contribution in [0, 0.1) is 0 Å². The second-order valence-electron chi connectivity index (χ2n) is 6.15. The second-order valence-corrected chi connectivity index (χ2v) is 6.15. The van der Waals surface area contributed by atoms with Gasteiger partial charge in [-0.1, -0.05) is 30.3 Å². The Bertz CT molecular complexity index is 911. The standard InChI is InChI=1S/C20H23N5O3/c1-27-17-11-10-16(13-18(17)28-2)20-22-24-25(23-20)14-19(26)21-12-6-9-15-7-4-3-5-8-15/h3-5,7-8,10-11,13H,6,9,12,14H2,1-2H3,(H,21,26). The zero-order valence-electron chi connectivity index (χ0n) is 16.0. The first kappa shape index (κ1) is 19.3. The van der Waals surface area contributed by atoms with Crippen LogP contribution in [-0.2, 0) is 17.8 Å². The Morgan fingerprint density at radius 2 is 1.86 bits per heavy atom. The number of rotatable bonds is 9. The smallest absolute Gasteiger partial charge is 0.243 e. The van der Waals surface area contributed by atoms with Crippen LogP contribution in [0.25, 0.3) is 11.4 Å².